The summed E-state index contributed by atoms with van der Waals surface area (Å²) >= 11 is 13.6. The van der Waals surface area contributed by atoms with E-state index in [9.17, 15) is 4.79 Å². The Kier molecular flexibility index (Phi) is 3.87. The van der Waals surface area contributed by atoms with Gasteiger partial charge in [-0.25, -0.2) is 0 Å². The minimum Gasteiger partial charge on any atom is -0.294 e. The van der Waals surface area contributed by atoms with Crippen molar-refractivity contribution in [2.45, 2.75) is 13.3 Å². The second-order valence-electron chi connectivity index (χ2n) is 3.69. The summed E-state index contributed by atoms with van der Waals surface area (Å²) in [4.78, 5) is 13.1. The van der Waals surface area contributed by atoms with E-state index in [2.05, 4.69) is 0 Å². The molecule has 0 saturated heterocycles. The number of hydrogen-bond acceptors (Lipinski definition) is 2. The van der Waals surface area contributed by atoms with E-state index < -0.39 is 0 Å². The van der Waals surface area contributed by atoms with Crippen molar-refractivity contribution in [2.24, 2.45) is 0 Å². The minimum atomic E-state index is 0.0544. The minimum absolute atomic E-state index is 0.0544. The van der Waals surface area contributed by atoms with Crippen molar-refractivity contribution < 1.29 is 4.79 Å². The van der Waals surface area contributed by atoms with Crippen molar-refractivity contribution in [3.8, 4) is 0 Å². The van der Waals surface area contributed by atoms with Crippen molar-refractivity contribution >= 4 is 40.3 Å². The lowest BCUT2D eigenvalue weighted by molar-refractivity contribution is 0.0993. The van der Waals surface area contributed by atoms with E-state index in [1.165, 1.54) is 0 Å². The first-order valence-electron chi connectivity index (χ1n) is 5.10. The molecule has 0 atom stereocenters. The van der Waals surface area contributed by atoms with Gasteiger partial charge in [0, 0.05) is 26.9 Å². The SMILES string of the molecule is Cc1sccc1C(=O)Cc1c(Cl)cccc1Cl. The molecule has 0 aliphatic rings. The van der Waals surface area contributed by atoms with Crippen LogP contribution < -0.4 is 0 Å². The molecule has 0 aliphatic heterocycles. The standard InChI is InChI=1S/C13H10Cl2OS/c1-8-9(5-6-17-8)13(16)7-10-11(14)3-2-4-12(10)15/h2-6H,7H2,1H3. The van der Waals surface area contributed by atoms with Gasteiger partial charge in [0.25, 0.3) is 0 Å². The highest BCUT2D eigenvalue weighted by molar-refractivity contribution is 7.10. The molecule has 0 aliphatic carbocycles. The molecular weight excluding hydrogens is 275 g/mol. The predicted octanol–water partition coefficient (Wildman–Crippen LogP) is 4.79. The van der Waals surface area contributed by atoms with Gasteiger partial charge in [0.1, 0.15) is 0 Å². The number of thiophene rings is 1. The van der Waals surface area contributed by atoms with Crippen LogP contribution in [0.1, 0.15) is 20.8 Å². The fourth-order valence-corrected chi connectivity index (χ4v) is 2.88. The van der Waals surface area contributed by atoms with E-state index in [4.69, 9.17) is 23.2 Å². The number of benzene rings is 1. The highest BCUT2D eigenvalue weighted by atomic mass is 35.5. The number of rotatable bonds is 3. The normalized spacial score (nSPS) is 10.5. The third kappa shape index (κ3) is 2.71. The fourth-order valence-electron chi connectivity index (χ4n) is 1.63. The van der Waals surface area contributed by atoms with Crippen LogP contribution in [0.5, 0.6) is 0 Å². The number of carbonyl (C=O) groups is 1. The van der Waals surface area contributed by atoms with Gasteiger partial charge in [0.2, 0.25) is 0 Å². The van der Waals surface area contributed by atoms with Gasteiger partial charge in [-0.05, 0) is 36.1 Å². The molecule has 2 aromatic rings. The monoisotopic (exact) mass is 284 g/mol. The van der Waals surface area contributed by atoms with Crippen molar-refractivity contribution in [2.75, 3.05) is 0 Å². The number of halogens is 2. The fraction of sp³-hybridized carbons (Fsp3) is 0.154. The lowest BCUT2D eigenvalue weighted by atomic mass is 10.0. The average molecular weight is 285 g/mol. The van der Waals surface area contributed by atoms with E-state index in [-0.39, 0.29) is 12.2 Å². The quantitative estimate of drug-likeness (QED) is 0.741. The van der Waals surface area contributed by atoms with Crippen LogP contribution >= 0.6 is 34.5 Å². The average Bonchev–Trinajstić information content (AvgIpc) is 2.70. The number of hydrogen-bond donors (Lipinski definition) is 0. The van der Waals surface area contributed by atoms with Crippen LogP contribution in [0.2, 0.25) is 10.0 Å². The smallest absolute Gasteiger partial charge is 0.168 e. The van der Waals surface area contributed by atoms with Crippen LogP contribution in [0.4, 0.5) is 0 Å². The van der Waals surface area contributed by atoms with E-state index in [1.807, 2.05) is 18.4 Å². The van der Waals surface area contributed by atoms with Crippen LogP contribution in [0, 0.1) is 6.92 Å². The zero-order chi connectivity index (χ0) is 12.4. The Morgan fingerprint density at radius 3 is 2.41 bits per heavy atom. The molecule has 1 aromatic heterocycles. The Hall–Kier alpha value is -0.830. The van der Waals surface area contributed by atoms with Crippen molar-refractivity contribution in [3.05, 3.63) is 55.7 Å². The maximum absolute atomic E-state index is 12.1. The van der Waals surface area contributed by atoms with Gasteiger partial charge < -0.3 is 0 Å². The molecule has 4 heteroatoms. The van der Waals surface area contributed by atoms with Crippen molar-refractivity contribution in [1.29, 1.82) is 0 Å². The largest absolute Gasteiger partial charge is 0.294 e. The summed E-state index contributed by atoms with van der Waals surface area (Å²) in [5.41, 5.74) is 1.46. The van der Waals surface area contributed by atoms with Gasteiger partial charge in [0.15, 0.2) is 5.78 Å². The molecule has 0 amide bonds. The number of Topliss-reactive ketones (excluding diaryl/α,β-unsaturated/α-hetero) is 1. The molecule has 0 radical (unpaired) electrons. The molecule has 1 nitrogen and oxygen atoms in total. The highest BCUT2D eigenvalue weighted by Gasteiger charge is 2.14. The molecule has 0 bridgehead atoms. The van der Waals surface area contributed by atoms with Gasteiger partial charge in [0.05, 0.1) is 0 Å². The molecule has 0 N–H and O–H groups in total. The van der Waals surface area contributed by atoms with Crippen LogP contribution in [-0.2, 0) is 6.42 Å². The van der Waals surface area contributed by atoms with Crippen molar-refractivity contribution in [1.82, 2.24) is 0 Å². The van der Waals surface area contributed by atoms with Gasteiger partial charge in [-0.15, -0.1) is 11.3 Å². The first kappa shape index (κ1) is 12.6. The molecule has 0 fully saturated rings. The van der Waals surface area contributed by atoms with E-state index in [0.717, 1.165) is 10.4 Å². The summed E-state index contributed by atoms with van der Waals surface area (Å²) < 4.78 is 0. The summed E-state index contributed by atoms with van der Waals surface area (Å²) in [7, 11) is 0. The zero-order valence-corrected chi connectivity index (χ0v) is 11.5. The summed E-state index contributed by atoms with van der Waals surface area (Å²) in [6.07, 6.45) is 0.246. The predicted molar refractivity (Wildman–Crippen MR) is 73.6 cm³/mol. The number of carbonyl (C=O) groups excluding carboxylic acids is 1. The first-order valence-corrected chi connectivity index (χ1v) is 6.73. The Bertz CT molecular complexity index is 540. The molecule has 0 spiro atoms. The first-order chi connectivity index (χ1) is 8.09. The topological polar surface area (TPSA) is 17.1 Å². The van der Waals surface area contributed by atoms with Gasteiger partial charge >= 0.3 is 0 Å². The maximum Gasteiger partial charge on any atom is 0.168 e. The Morgan fingerprint density at radius 2 is 1.88 bits per heavy atom. The third-order valence-electron chi connectivity index (χ3n) is 2.56. The summed E-state index contributed by atoms with van der Waals surface area (Å²) in [5, 5.41) is 2.99. The van der Waals surface area contributed by atoms with E-state index in [0.29, 0.717) is 15.6 Å². The molecule has 1 aromatic carbocycles. The van der Waals surface area contributed by atoms with Gasteiger partial charge in [-0.1, -0.05) is 29.3 Å². The Balaban J connectivity index is 2.28. The molecular formula is C13H10Cl2OS. The molecule has 1 heterocycles. The summed E-state index contributed by atoms with van der Waals surface area (Å²) in [6, 6.07) is 7.11. The van der Waals surface area contributed by atoms with Crippen LogP contribution in [-0.4, -0.2) is 5.78 Å². The highest BCUT2D eigenvalue weighted by Crippen LogP contribution is 2.26. The molecule has 0 unspecified atom stereocenters. The lowest BCUT2D eigenvalue weighted by Crippen LogP contribution is -2.04. The second-order valence-corrected chi connectivity index (χ2v) is 5.63. The number of aryl methyl sites for hydroxylation is 1. The summed E-state index contributed by atoms with van der Waals surface area (Å²) in [6.45, 7) is 1.94. The van der Waals surface area contributed by atoms with E-state index >= 15 is 0 Å². The Labute approximate surface area is 114 Å². The third-order valence-corrected chi connectivity index (χ3v) is 4.11. The summed E-state index contributed by atoms with van der Waals surface area (Å²) in [5.74, 6) is 0.0544. The van der Waals surface area contributed by atoms with Crippen LogP contribution in [0.25, 0.3) is 0 Å². The van der Waals surface area contributed by atoms with Crippen molar-refractivity contribution in [3.63, 3.8) is 0 Å². The molecule has 88 valence electrons. The second kappa shape index (κ2) is 5.21. The van der Waals surface area contributed by atoms with Gasteiger partial charge in [-0.3, -0.25) is 4.79 Å². The van der Waals surface area contributed by atoms with E-state index in [1.54, 1.807) is 29.5 Å². The molecule has 0 saturated carbocycles. The maximum atomic E-state index is 12.1. The van der Waals surface area contributed by atoms with Crippen LogP contribution in [0.3, 0.4) is 0 Å². The Morgan fingerprint density at radius 1 is 1.24 bits per heavy atom. The van der Waals surface area contributed by atoms with Gasteiger partial charge in [-0.2, -0.15) is 0 Å². The zero-order valence-electron chi connectivity index (χ0n) is 9.17. The lowest BCUT2D eigenvalue weighted by Gasteiger charge is -2.05. The molecule has 2 rings (SSSR count). The number of ketones is 1. The van der Waals surface area contributed by atoms with Crippen LogP contribution in [0.15, 0.2) is 29.6 Å². The molecule has 17 heavy (non-hydrogen) atoms.